The van der Waals surface area contributed by atoms with Crippen LogP contribution in [0.5, 0.6) is 0 Å². The predicted molar refractivity (Wildman–Crippen MR) is 60.5 cm³/mol. The monoisotopic (exact) mass is 196 g/mol. The van der Waals surface area contributed by atoms with E-state index in [0.717, 1.165) is 18.1 Å². The van der Waals surface area contributed by atoms with E-state index in [1.807, 2.05) is 0 Å². The molecule has 2 rings (SSSR count). The quantitative estimate of drug-likeness (QED) is 0.740. The van der Waals surface area contributed by atoms with Crippen LogP contribution in [0.25, 0.3) is 0 Å². The Bertz CT molecular complexity index is 167. The first kappa shape index (κ1) is 10.4. The Balaban J connectivity index is 1.79. The maximum atomic E-state index is 3.65. The van der Waals surface area contributed by atoms with Crippen molar-refractivity contribution >= 4 is 0 Å². The molecule has 1 aliphatic heterocycles. The average molecular weight is 196 g/mol. The fourth-order valence-corrected chi connectivity index (χ4v) is 2.52. The number of hydrogen-bond acceptors (Lipinski definition) is 2. The van der Waals surface area contributed by atoms with Crippen molar-refractivity contribution in [2.24, 2.45) is 0 Å². The van der Waals surface area contributed by atoms with Crippen LogP contribution >= 0.6 is 0 Å². The highest BCUT2D eigenvalue weighted by Gasteiger charge is 2.32. The molecule has 0 radical (unpaired) electrons. The molecule has 2 heteroatoms. The highest BCUT2D eigenvalue weighted by Crippen LogP contribution is 2.29. The molecule has 1 unspecified atom stereocenters. The fraction of sp³-hybridized carbons (Fsp3) is 1.00. The summed E-state index contributed by atoms with van der Waals surface area (Å²) < 4.78 is 0. The molecule has 82 valence electrons. The minimum atomic E-state index is 0.728. The van der Waals surface area contributed by atoms with Crippen LogP contribution in [0.15, 0.2) is 0 Å². The van der Waals surface area contributed by atoms with E-state index in [4.69, 9.17) is 0 Å². The van der Waals surface area contributed by atoms with Crippen molar-refractivity contribution in [2.75, 3.05) is 13.1 Å². The minimum absolute atomic E-state index is 0.728. The third-order valence-corrected chi connectivity index (χ3v) is 3.52. The molecule has 1 saturated carbocycles. The molecule has 0 aromatic heterocycles. The van der Waals surface area contributed by atoms with Gasteiger partial charge in [-0.05, 0) is 46.1 Å². The van der Waals surface area contributed by atoms with Crippen LogP contribution in [0, 0.1) is 0 Å². The Hall–Kier alpha value is -0.0800. The van der Waals surface area contributed by atoms with E-state index in [9.17, 15) is 0 Å². The van der Waals surface area contributed by atoms with Gasteiger partial charge in [0.05, 0.1) is 0 Å². The van der Waals surface area contributed by atoms with Crippen molar-refractivity contribution in [1.29, 1.82) is 0 Å². The van der Waals surface area contributed by atoms with Crippen LogP contribution < -0.4 is 5.32 Å². The second kappa shape index (κ2) is 4.63. The van der Waals surface area contributed by atoms with Crippen molar-refractivity contribution in [2.45, 2.75) is 64.1 Å². The van der Waals surface area contributed by atoms with Gasteiger partial charge in [-0.1, -0.05) is 6.42 Å². The van der Waals surface area contributed by atoms with E-state index < -0.39 is 0 Å². The maximum absolute atomic E-state index is 3.65. The molecular formula is C12H24N2. The van der Waals surface area contributed by atoms with Gasteiger partial charge in [0.2, 0.25) is 0 Å². The summed E-state index contributed by atoms with van der Waals surface area (Å²) in [4.78, 5) is 2.70. The Kier molecular flexibility index (Phi) is 3.45. The minimum Gasteiger partial charge on any atom is -0.313 e. The Morgan fingerprint density at radius 3 is 2.50 bits per heavy atom. The predicted octanol–water partition coefficient (Wildman–Crippen LogP) is 2.00. The van der Waals surface area contributed by atoms with Gasteiger partial charge in [0.25, 0.3) is 0 Å². The normalized spacial score (nSPS) is 28.7. The van der Waals surface area contributed by atoms with E-state index >= 15 is 0 Å². The van der Waals surface area contributed by atoms with E-state index in [1.54, 1.807) is 0 Å². The van der Waals surface area contributed by atoms with Crippen LogP contribution in [-0.2, 0) is 0 Å². The largest absolute Gasteiger partial charge is 0.313 e. The van der Waals surface area contributed by atoms with Crippen molar-refractivity contribution in [1.82, 2.24) is 10.2 Å². The van der Waals surface area contributed by atoms with Gasteiger partial charge in [0.1, 0.15) is 0 Å². The van der Waals surface area contributed by atoms with Crippen LogP contribution in [-0.4, -0.2) is 36.1 Å². The van der Waals surface area contributed by atoms with Gasteiger partial charge >= 0.3 is 0 Å². The Morgan fingerprint density at radius 1 is 1.21 bits per heavy atom. The summed E-state index contributed by atoms with van der Waals surface area (Å²) in [6.07, 6.45) is 7.06. The van der Waals surface area contributed by atoms with E-state index in [1.165, 1.54) is 45.2 Å². The standard InChI is InChI=1S/C12H24N2/c1-10(2)14(12-6-7-12)9-11-5-3-4-8-13-11/h10-13H,3-9H2,1-2H3. The number of hydrogen-bond donors (Lipinski definition) is 1. The summed E-state index contributed by atoms with van der Waals surface area (Å²) in [6.45, 7) is 7.19. The van der Waals surface area contributed by atoms with Crippen LogP contribution in [0.3, 0.4) is 0 Å². The van der Waals surface area contributed by atoms with Gasteiger partial charge in [-0.25, -0.2) is 0 Å². The van der Waals surface area contributed by atoms with Crippen LogP contribution in [0.2, 0.25) is 0 Å². The first-order chi connectivity index (χ1) is 6.77. The molecule has 1 aliphatic carbocycles. The number of piperidine rings is 1. The molecular weight excluding hydrogens is 172 g/mol. The van der Waals surface area contributed by atoms with Crippen LogP contribution in [0.4, 0.5) is 0 Å². The van der Waals surface area contributed by atoms with Gasteiger partial charge in [-0.3, -0.25) is 4.90 Å². The summed E-state index contributed by atoms with van der Waals surface area (Å²) in [5.41, 5.74) is 0. The lowest BCUT2D eigenvalue weighted by atomic mass is 10.0. The van der Waals surface area contributed by atoms with E-state index in [0.29, 0.717) is 0 Å². The SMILES string of the molecule is CC(C)N(CC1CCCCN1)C1CC1. The molecule has 2 nitrogen and oxygen atoms in total. The average Bonchev–Trinajstić information content (AvgIpc) is 2.99. The smallest absolute Gasteiger partial charge is 0.0195 e. The summed E-state index contributed by atoms with van der Waals surface area (Å²) in [5, 5.41) is 3.65. The van der Waals surface area contributed by atoms with Crippen molar-refractivity contribution in [3.63, 3.8) is 0 Å². The van der Waals surface area contributed by atoms with Gasteiger partial charge in [-0.2, -0.15) is 0 Å². The number of nitrogens with zero attached hydrogens (tertiary/aromatic N) is 1. The molecule has 1 saturated heterocycles. The molecule has 0 amide bonds. The molecule has 0 aromatic carbocycles. The zero-order valence-electron chi connectivity index (χ0n) is 9.63. The first-order valence-corrected chi connectivity index (χ1v) is 6.26. The van der Waals surface area contributed by atoms with Crippen LogP contribution in [0.1, 0.15) is 46.0 Å². The highest BCUT2D eigenvalue weighted by atomic mass is 15.2. The van der Waals surface area contributed by atoms with Gasteiger partial charge in [0, 0.05) is 24.7 Å². The Morgan fingerprint density at radius 2 is 2.00 bits per heavy atom. The molecule has 0 spiro atoms. The van der Waals surface area contributed by atoms with E-state index in [-0.39, 0.29) is 0 Å². The van der Waals surface area contributed by atoms with E-state index in [2.05, 4.69) is 24.1 Å². The topological polar surface area (TPSA) is 15.3 Å². The third-order valence-electron chi connectivity index (χ3n) is 3.52. The van der Waals surface area contributed by atoms with Gasteiger partial charge in [0.15, 0.2) is 0 Å². The molecule has 14 heavy (non-hydrogen) atoms. The lowest BCUT2D eigenvalue weighted by molar-refractivity contribution is 0.176. The summed E-state index contributed by atoms with van der Waals surface area (Å²) in [6, 6.07) is 2.41. The molecule has 0 aromatic rings. The zero-order valence-corrected chi connectivity index (χ0v) is 9.63. The lowest BCUT2D eigenvalue weighted by Crippen LogP contribution is -2.46. The molecule has 2 fully saturated rings. The van der Waals surface area contributed by atoms with Crippen molar-refractivity contribution in [3.05, 3.63) is 0 Å². The first-order valence-electron chi connectivity index (χ1n) is 6.26. The lowest BCUT2D eigenvalue weighted by Gasteiger charge is -2.33. The number of rotatable bonds is 4. The zero-order chi connectivity index (χ0) is 9.97. The second-order valence-electron chi connectivity index (χ2n) is 5.17. The summed E-state index contributed by atoms with van der Waals surface area (Å²) in [7, 11) is 0. The molecule has 2 aliphatic rings. The van der Waals surface area contributed by atoms with Crippen molar-refractivity contribution < 1.29 is 0 Å². The molecule has 1 N–H and O–H groups in total. The molecule has 0 bridgehead atoms. The molecule has 1 heterocycles. The third kappa shape index (κ3) is 2.71. The summed E-state index contributed by atoms with van der Waals surface area (Å²) >= 11 is 0. The fourth-order valence-electron chi connectivity index (χ4n) is 2.52. The van der Waals surface area contributed by atoms with Gasteiger partial charge < -0.3 is 5.32 Å². The maximum Gasteiger partial charge on any atom is 0.0195 e. The second-order valence-corrected chi connectivity index (χ2v) is 5.17. The summed E-state index contributed by atoms with van der Waals surface area (Å²) in [5.74, 6) is 0. The Labute approximate surface area is 88.1 Å². The van der Waals surface area contributed by atoms with Crippen molar-refractivity contribution in [3.8, 4) is 0 Å². The number of nitrogens with one attached hydrogen (secondary N) is 1. The van der Waals surface area contributed by atoms with Gasteiger partial charge in [-0.15, -0.1) is 0 Å². The highest BCUT2D eigenvalue weighted by molar-refractivity contribution is 4.89. The molecule has 1 atom stereocenters.